The molecule has 4 aromatic carbocycles. The highest BCUT2D eigenvalue weighted by Gasteiger charge is 2.32. The molecule has 1 aliphatic rings. The molecule has 0 saturated carbocycles. The van der Waals surface area contributed by atoms with Crippen molar-refractivity contribution in [2.24, 2.45) is 5.92 Å². The molecule has 5 aromatic rings. The molecule has 0 amide bonds. The van der Waals surface area contributed by atoms with E-state index in [0.29, 0.717) is 19.6 Å². The van der Waals surface area contributed by atoms with Crippen molar-refractivity contribution < 1.29 is 17.9 Å². The molecule has 6 rings (SSSR count). The molecule has 1 aliphatic heterocycles. The summed E-state index contributed by atoms with van der Waals surface area (Å²) in [5, 5.41) is 0.960. The minimum atomic E-state index is -3.76. The molecule has 7 heteroatoms. The van der Waals surface area contributed by atoms with E-state index in [2.05, 4.69) is 42.2 Å². The summed E-state index contributed by atoms with van der Waals surface area (Å²) >= 11 is 0. The van der Waals surface area contributed by atoms with Gasteiger partial charge in [-0.2, -0.15) is 0 Å². The van der Waals surface area contributed by atoms with E-state index >= 15 is 0 Å². The Kier molecular flexibility index (Phi) is 8.92. The minimum absolute atomic E-state index is 0.126. The zero-order chi connectivity index (χ0) is 31.6. The first-order valence-electron chi connectivity index (χ1n) is 15.6. The first kappa shape index (κ1) is 30.8. The average molecular weight is 621 g/mol. The number of nitrogens with zero attached hydrogens (tertiary/aromatic N) is 2. The van der Waals surface area contributed by atoms with Crippen molar-refractivity contribution in [2.45, 2.75) is 64.1 Å². The van der Waals surface area contributed by atoms with Gasteiger partial charge in [0.05, 0.1) is 10.4 Å². The summed E-state index contributed by atoms with van der Waals surface area (Å²) in [6, 6.07) is 31.5. The summed E-state index contributed by atoms with van der Waals surface area (Å²) in [6.45, 7) is 7.85. The Morgan fingerprint density at radius 2 is 1.56 bits per heavy atom. The van der Waals surface area contributed by atoms with Crippen LogP contribution in [0.2, 0.25) is 0 Å². The number of hydrogen-bond acceptors (Lipinski definition) is 5. The van der Waals surface area contributed by atoms with E-state index in [-0.39, 0.29) is 22.8 Å². The molecule has 1 fully saturated rings. The van der Waals surface area contributed by atoms with Gasteiger partial charge in [0.25, 0.3) is 10.0 Å². The standard InChI is InChI=1S/C38H40N2O4S/c1-27-14-16-33(17-15-27)45(42,43)40-21-19-34-35(28(2)22-29(3)38(34)40)25-39-20-18-31(23-36(39)32-12-8-5-9-13-32)24-37(41)44-26-30-10-6-4-7-11-30/h4-17,19,21-22,31,36H,18,20,23-26H2,1-3H3. The fraction of sp³-hybridized carbons (Fsp3) is 0.289. The molecular formula is C38H40N2O4S. The second-order valence-electron chi connectivity index (χ2n) is 12.3. The van der Waals surface area contributed by atoms with E-state index < -0.39 is 10.0 Å². The first-order chi connectivity index (χ1) is 21.7. The van der Waals surface area contributed by atoms with Crippen LogP contribution >= 0.6 is 0 Å². The maximum Gasteiger partial charge on any atom is 0.306 e. The minimum Gasteiger partial charge on any atom is -0.461 e. The Bertz CT molecular complexity index is 1900. The monoisotopic (exact) mass is 620 g/mol. The largest absolute Gasteiger partial charge is 0.461 e. The predicted molar refractivity (Wildman–Crippen MR) is 178 cm³/mol. The van der Waals surface area contributed by atoms with Gasteiger partial charge in [0.15, 0.2) is 0 Å². The molecule has 232 valence electrons. The van der Waals surface area contributed by atoms with E-state index in [0.717, 1.165) is 58.1 Å². The number of ether oxygens (including phenoxy) is 1. The lowest BCUT2D eigenvalue weighted by atomic mass is 9.84. The van der Waals surface area contributed by atoms with Crippen LogP contribution in [0, 0.1) is 26.7 Å². The van der Waals surface area contributed by atoms with Gasteiger partial charge >= 0.3 is 5.97 Å². The van der Waals surface area contributed by atoms with Crippen LogP contribution in [-0.4, -0.2) is 29.8 Å². The van der Waals surface area contributed by atoms with Crippen molar-refractivity contribution >= 4 is 26.9 Å². The molecule has 6 nitrogen and oxygen atoms in total. The Labute approximate surface area is 266 Å². The van der Waals surface area contributed by atoms with Gasteiger partial charge in [0, 0.05) is 30.6 Å². The lowest BCUT2D eigenvalue weighted by Crippen LogP contribution is -2.37. The summed E-state index contributed by atoms with van der Waals surface area (Å²) in [7, 11) is -3.76. The number of fused-ring (bicyclic) bond motifs is 1. The quantitative estimate of drug-likeness (QED) is 0.157. The number of likely N-dealkylation sites (tertiary alicyclic amines) is 1. The summed E-state index contributed by atoms with van der Waals surface area (Å²) < 4.78 is 34.6. The van der Waals surface area contributed by atoms with Crippen LogP contribution in [0.3, 0.4) is 0 Å². The SMILES string of the molecule is Cc1ccc(S(=O)(=O)n2ccc3c(CN4CCC(CC(=O)OCc5ccccc5)CC4c4ccccc4)c(C)cc(C)c32)cc1. The molecule has 0 spiro atoms. The number of aryl methyl sites for hydroxylation is 3. The van der Waals surface area contributed by atoms with Gasteiger partial charge in [0.2, 0.25) is 0 Å². The number of carbonyl (C=O) groups excluding carboxylic acids is 1. The van der Waals surface area contributed by atoms with Crippen molar-refractivity contribution in [1.29, 1.82) is 0 Å². The van der Waals surface area contributed by atoms with Crippen LogP contribution in [0.5, 0.6) is 0 Å². The van der Waals surface area contributed by atoms with Gasteiger partial charge in [-0.15, -0.1) is 0 Å². The molecule has 0 radical (unpaired) electrons. The average Bonchev–Trinajstić information content (AvgIpc) is 3.51. The van der Waals surface area contributed by atoms with Crippen LogP contribution in [0.1, 0.15) is 58.7 Å². The molecule has 1 aromatic heterocycles. The molecule has 0 bridgehead atoms. The van der Waals surface area contributed by atoms with E-state index in [9.17, 15) is 13.2 Å². The lowest BCUT2D eigenvalue weighted by Gasteiger charge is -2.40. The summed E-state index contributed by atoms with van der Waals surface area (Å²) in [6.07, 6.45) is 3.83. The fourth-order valence-electron chi connectivity index (χ4n) is 6.69. The first-order valence-corrected chi connectivity index (χ1v) is 17.1. The van der Waals surface area contributed by atoms with Crippen LogP contribution in [-0.2, 0) is 32.7 Å². The summed E-state index contributed by atoms with van der Waals surface area (Å²) in [5.41, 5.74) is 7.16. The highest BCUT2D eigenvalue weighted by molar-refractivity contribution is 7.90. The van der Waals surface area contributed by atoms with Crippen molar-refractivity contribution in [2.75, 3.05) is 6.54 Å². The van der Waals surface area contributed by atoms with Gasteiger partial charge in [-0.05, 0) is 92.1 Å². The molecule has 45 heavy (non-hydrogen) atoms. The van der Waals surface area contributed by atoms with E-state index in [1.165, 1.54) is 9.54 Å². The van der Waals surface area contributed by atoms with E-state index in [4.69, 9.17) is 4.74 Å². The normalized spacial score (nSPS) is 17.4. The third-order valence-electron chi connectivity index (χ3n) is 9.10. The molecule has 0 aliphatic carbocycles. The predicted octanol–water partition coefficient (Wildman–Crippen LogP) is 7.89. The molecule has 2 atom stereocenters. The van der Waals surface area contributed by atoms with Gasteiger partial charge in [-0.1, -0.05) is 84.4 Å². The Morgan fingerprint density at radius 1 is 0.867 bits per heavy atom. The molecular weight excluding hydrogens is 580 g/mol. The smallest absolute Gasteiger partial charge is 0.306 e. The Morgan fingerprint density at radius 3 is 2.27 bits per heavy atom. The number of piperidine rings is 1. The van der Waals surface area contributed by atoms with Crippen molar-refractivity contribution in [3.05, 3.63) is 137 Å². The molecule has 2 heterocycles. The van der Waals surface area contributed by atoms with Gasteiger partial charge in [-0.25, -0.2) is 12.4 Å². The highest BCUT2D eigenvalue weighted by Crippen LogP contribution is 2.39. The number of rotatable bonds is 9. The zero-order valence-electron chi connectivity index (χ0n) is 26.1. The lowest BCUT2D eigenvalue weighted by molar-refractivity contribution is -0.146. The number of aromatic nitrogens is 1. The number of hydrogen-bond donors (Lipinski definition) is 0. The zero-order valence-corrected chi connectivity index (χ0v) is 27.0. The van der Waals surface area contributed by atoms with Crippen molar-refractivity contribution in [3.63, 3.8) is 0 Å². The summed E-state index contributed by atoms with van der Waals surface area (Å²) in [5.74, 6) is 0.0610. The number of esters is 1. The van der Waals surface area contributed by atoms with Gasteiger partial charge < -0.3 is 4.74 Å². The second kappa shape index (κ2) is 13.0. The van der Waals surface area contributed by atoms with E-state index in [1.54, 1.807) is 18.3 Å². The summed E-state index contributed by atoms with van der Waals surface area (Å²) in [4.78, 5) is 15.6. The Hall–Kier alpha value is -4.20. The van der Waals surface area contributed by atoms with Crippen LogP contribution < -0.4 is 0 Å². The maximum absolute atomic E-state index is 13.8. The fourth-order valence-corrected chi connectivity index (χ4v) is 8.10. The number of benzene rings is 4. The number of carbonyl (C=O) groups is 1. The van der Waals surface area contributed by atoms with Crippen molar-refractivity contribution in [3.8, 4) is 0 Å². The third kappa shape index (κ3) is 6.60. The van der Waals surface area contributed by atoms with Crippen LogP contribution in [0.15, 0.2) is 108 Å². The molecule has 1 saturated heterocycles. The highest BCUT2D eigenvalue weighted by atomic mass is 32.2. The Balaban J connectivity index is 1.26. The third-order valence-corrected chi connectivity index (χ3v) is 10.8. The van der Waals surface area contributed by atoms with E-state index in [1.807, 2.05) is 68.4 Å². The molecule has 2 unspecified atom stereocenters. The van der Waals surface area contributed by atoms with Gasteiger partial charge in [-0.3, -0.25) is 9.69 Å². The van der Waals surface area contributed by atoms with Crippen LogP contribution in [0.4, 0.5) is 0 Å². The maximum atomic E-state index is 13.8. The second-order valence-corrected chi connectivity index (χ2v) is 14.1. The van der Waals surface area contributed by atoms with Crippen molar-refractivity contribution in [1.82, 2.24) is 8.87 Å². The topological polar surface area (TPSA) is 68.6 Å². The van der Waals surface area contributed by atoms with Gasteiger partial charge in [0.1, 0.15) is 6.61 Å². The van der Waals surface area contributed by atoms with Crippen LogP contribution in [0.25, 0.3) is 10.9 Å². The molecule has 0 N–H and O–H groups in total.